The summed E-state index contributed by atoms with van der Waals surface area (Å²) < 4.78 is 0. The Morgan fingerprint density at radius 1 is 1.24 bits per heavy atom. The van der Waals surface area contributed by atoms with Gasteiger partial charge in [-0.3, -0.25) is 9.69 Å². The van der Waals surface area contributed by atoms with Crippen LogP contribution in [0.25, 0.3) is 0 Å². The van der Waals surface area contributed by atoms with Crippen LogP contribution in [0.4, 0.5) is 0 Å². The van der Waals surface area contributed by atoms with Crippen molar-refractivity contribution < 1.29 is 9.90 Å². The van der Waals surface area contributed by atoms with E-state index < -0.39 is 0 Å². The maximum absolute atomic E-state index is 11.8. The fourth-order valence-corrected chi connectivity index (χ4v) is 2.47. The molecular weight excluding hydrogens is 216 g/mol. The summed E-state index contributed by atoms with van der Waals surface area (Å²) in [6.07, 6.45) is 7.09. The van der Waals surface area contributed by atoms with Crippen molar-refractivity contribution in [2.24, 2.45) is 5.92 Å². The molecule has 0 aromatic rings. The normalized spacial score (nSPS) is 26.5. The molecule has 1 saturated carbocycles. The third-order valence-corrected chi connectivity index (χ3v) is 3.84. The smallest absolute Gasteiger partial charge is 0.234 e. The van der Waals surface area contributed by atoms with E-state index in [9.17, 15) is 9.90 Å². The predicted molar refractivity (Wildman–Crippen MR) is 66.6 cm³/mol. The SMILES string of the molecule is O=C(CN1CCCCCC1CO)NCC1CC1. The summed E-state index contributed by atoms with van der Waals surface area (Å²) in [4.78, 5) is 13.9. The molecule has 0 bridgehead atoms. The molecule has 1 aliphatic carbocycles. The van der Waals surface area contributed by atoms with Gasteiger partial charge in [0.05, 0.1) is 13.2 Å². The number of aliphatic hydroxyl groups is 1. The third kappa shape index (κ3) is 4.28. The van der Waals surface area contributed by atoms with Crippen LogP contribution in [-0.2, 0) is 4.79 Å². The molecule has 17 heavy (non-hydrogen) atoms. The van der Waals surface area contributed by atoms with Gasteiger partial charge in [0.1, 0.15) is 0 Å². The highest BCUT2D eigenvalue weighted by Gasteiger charge is 2.24. The molecule has 1 amide bonds. The maximum Gasteiger partial charge on any atom is 0.234 e. The Balaban J connectivity index is 1.74. The number of hydrogen-bond donors (Lipinski definition) is 2. The second-order valence-corrected chi connectivity index (χ2v) is 5.40. The van der Waals surface area contributed by atoms with Crippen LogP contribution < -0.4 is 5.32 Å². The van der Waals surface area contributed by atoms with E-state index in [1.807, 2.05) is 0 Å². The van der Waals surface area contributed by atoms with Gasteiger partial charge in [-0.2, -0.15) is 0 Å². The number of nitrogens with zero attached hydrogens (tertiary/aromatic N) is 1. The van der Waals surface area contributed by atoms with Crippen LogP contribution in [-0.4, -0.2) is 48.2 Å². The molecule has 2 N–H and O–H groups in total. The molecule has 2 aliphatic rings. The summed E-state index contributed by atoms with van der Waals surface area (Å²) in [5, 5.41) is 12.3. The molecule has 1 heterocycles. The maximum atomic E-state index is 11.8. The quantitative estimate of drug-likeness (QED) is 0.745. The van der Waals surface area contributed by atoms with E-state index in [4.69, 9.17) is 0 Å². The summed E-state index contributed by atoms with van der Waals surface area (Å²) in [7, 11) is 0. The zero-order valence-electron chi connectivity index (χ0n) is 10.5. The monoisotopic (exact) mass is 240 g/mol. The summed E-state index contributed by atoms with van der Waals surface area (Å²) >= 11 is 0. The number of carbonyl (C=O) groups is 1. The first-order valence-corrected chi connectivity index (χ1v) is 6.91. The van der Waals surface area contributed by atoms with E-state index in [1.54, 1.807) is 0 Å². The predicted octanol–water partition coefficient (Wildman–Crippen LogP) is 0.749. The highest BCUT2D eigenvalue weighted by Crippen LogP contribution is 2.27. The average molecular weight is 240 g/mol. The highest BCUT2D eigenvalue weighted by molar-refractivity contribution is 5.78. The van der Waals surface area contributed by atoms with Crippen LogP contribution in [0.2, 0.25) is 0 Å². The molecule has 0 spiro atoms. The molecule has 1 aliphatic heterocycles. The van der Waals surface area contributed by atoms with Gasteiger partial charge in [0.15, 0.2) is 0 Å². The second kappa shape index (κ2) is 6.36. The van der Waals surface area contributed by atoms with Crippen molar-refractivity contribution in [3.63, 3.8) is 0 Å². The molecule has 4 heteroatoms. The van der Waals surface area contributed by atoms with E-state index in [-0.39, 0.29) is 18.6 Å². The van der Waals surface area contributed by atoms with Crippen LogP contribution in [0, 0.1) is 5.92 Å². The van der Waals surface area contributed by atoms with Crippen LogP contribution in [0.5, 0.6) is 0 Å². The molecule has 1 saturated heterocycles. The highest BCUT2D eigenvalue weighted by atomic mass is 16.3. The first-order valence-electron chi connectivity index (χ1n) is 6.91. The van der Waals surface area contributed by atoms with Gasteiger partial charge in [0.2, 0.25) is 5.91 Å². The van der Waals surface area contributed by atoms with Crippen LogP contribution in [0.15, 0.2) is 0 Å². The standard InChI is InChI=1S/C13H24N2O2/c16-10-12-4-2-1-3-7-15(12)9-13(17)14-8-11-5-6-11/h11-12,16H,1-10H2,(H,14,17). The van der Waals surface area contributed by atoms with Crippen LogP contribution in [0.1, 0.15) is 38.5 Å². The minimum Gasteiger partial charge on any atom is -0.395 e. The van der Waals surface area contributed by atoms with Crippen molar-refractivity contribution >= 4 is 5.91 Å². The Kier molecular flexibility index (Phi) is 4.80. The zero-order chi connectivity index (χ0) is 12.1. The Labute approximate surface area is 103 Å². The number of nitrogens with one attached hydrogen (secondary N) is 1. The van der Waals surface area contributed by atoms with Gasteiger partial charge in [-0.05, 0) is 38.1 Å². The molecule has 2 fully saturated rings. The lowest BCUT2D eigenvalue weighted by molar-refractivity contribution is -0.123. The lowest BCUT2D eigenvalue weighted by Crippen LogP contribution is -2.44. The molecule has 1 unspecified atom stereocenters. The first kappa shape index (κ1) is 12.8. The van der Waals surface area contributed by atoms with E-state index in [0.717, 1.165) is 31.8 Å². The number of likely N-dealkylation sites (tertiary alicyclic amines) is 1. The minimum atomic E-state index is 0.122. The Morgan fingerprint density at radius 2 is 2.06 bits per heavy atom. The number of rotatable bonds is 5. The van der Waals surface area contributed by atoms with Gasteiger partial charge in [0.25, 0.3) is 0 Å². The van der Waals surface area contributed by atoms with Crippen molar-refractivity contribution in [2.75, 3.05) is 26.2 Å². The van der Waals surface area contributed by atoms with Crippen molar-refractivity contribution in [1.82, 2.24) is 10.2 Å². The Morgan fingerprint density at radius 3 is 2.76 bits per heavy atom. The topological polar surface area (TPSA) is 52.6 Å². The van der Waals surface area contributed by atoms with E-state index in [1.165, 1.54) is 25.7 Å². The molecule has 0 radical (unpaired) electrons. The number of aliphatic hydroxyl groups excluding tert-OH is 1. The number of amides is 1. The molecule has 0 aromatic heterocycles. The molecular formula is C13H24N2O2. The van der Waals surface area contributed by atoms with Gasteiger partial charge in [-0.1, -0.05) is 12.8 Å². The van der Waals surface area contributed by atoms with E-state index >= 15 is 0 Å². The summed E-state index contributed by atoms with van der Waals surface area (Å²) in [5.41, 5.74) is 0. The lowest BCUT2D eigenvalue weighted by atomic mass is 10.1. The van der Waals surface area contributed by atoms with Gasteiger partial charge >= 0.3 is 0 Å². The molecule has 2 rings (SSSR count). The zero-order valence-corrected chi connectivity index (χ0v) is 10.5. The van der Waals surface area contributed by atoms with Gasteiger partial charge in [0, 0.05) is 12.6 Å². The fraction of sp³-hybridized carbons (Fsp3) is 0.923. The van der Waals surface area contributed by atoms with E-state index in [0.29, 0.717) is 6.54 Å². The minimum absolute atomic E-state index is 0.122. The lowest BCUT2D eigenvalue weighted by Gasteiger charge is -2.27. The molecule has 0 aromatic carbocycles. The van der Waals surface area contributed by atoms with E-state index in [2.05, 4.69) is 10.2 Å². The Hall–Kier alpha value is -0.610. The number of hydrogen-bond acceptors (Lipinski definition) is 3. The summed E-state index contributed by atoms with van der Waals surface area (Å²) in [6.45, 7) is 2.42. The van der Waals surface area contributed by atoms with Crippen molar-refractivity contribution in [1.29, 1.82) is 0 Å². The van der Waals surface area contributed by atoms with Crippen molar-refractivity contribution in [2.45, 2.75) is 44.6 Å². The van der Waals surface area contributed by atoms with Crippen molar-refractivity contribution in [3.05, 3.63) is 0 Å². The molecule has 98 valence electrons. The van der Waals surface area contributed by atoms with Crippen LogP contribution in [0.3, 0.4) is 0 Å². The van der Waals surface area contributed by atoms with Crippen molar-refractivity contribution in [3.8, 4) is 0 Å². The summed E-state index contributed by atoms with van der Waals surface area (Å²) in [6, 6.07) is 0.184. The van der Waals surface area contributed by atoms with Crippen LogP contribution >= 0.6 is 0 Å². The summed E-state index contributed by atoms with van der Waals surface area (Å²) in [5.74, 6) is 0.856. The largest absolute Gasteiger partial charge is 0.395 e. The fourth-order valence-electron chi connectivity index (χ4n) is 2.47. The third-order valence-electron chi connectivity index (χ3n) is 3.84. The number of carbonyl (C=O) groups excluding carboxylic acids is 1. The molecule has 1 atom stereocenters. The molecule has 4 nitrogen and oxygen atoms in total. The Bertz CT molecular complexity index is 254. The first-order chi connectivity index (χ1) is 8.29. The van der Waals surface area contributed by atoms with Gasteiger partial charge in [-0.15, -0.1) is 0 Å². The average Bonchev–Trinajstić information content (AvgIpc) is 3.14. The van der Waals surface area contributed by atoms with Gasteiger partial charge in [-0.25, -0.2) is 0 Å². The van der Waals surface area contributed by atoms with Gasteiger partial charge < -0.3 is 10.4 Å². The second-order valence-electron chi connectivity index (χ2n) is 5.40.